The molecule has 36 heavy (non-hydrogen) atoms. The van der Waals surface area contributed by atoms with Gasteiger partial charge in [0.15, 0.2) is 5.11 Å². The van der Waals surface area contributed by atoms with Gasteiger partial charge < -0.3 is 20.0 Å². The highest BCUT2D eigenvalue weighted by Gasteiger charge is 2.61. The van der Waals surface area contributed by atoms with Crippen LogP contribution in [0.2, 0.25) is 0 Å². The lowest BCUT2D eigenvalue weighted by Crippen LogP contribution is -2.60. The van der Waals surface area contributed by atoms with Crippen LogP contribution in [0.4, 0.5) is 0 Å². The van der Waals surface area contributed by atoms with E-state index >= 15 is 0 Å². The highest BCUT2D eigenvalue weighted by Crippen LogP contribution is 2.65. The summed E-state index contributed by atoms with van der Waals surface area (Å²) < 4.78 is 0. The van der Waals surface area contributed by atoms with Gasteiger partial charge in [0.25, 0.3) is 0 Å². The maximum Gasteiger partial charge on any atom is 0.246 e. The summed E-state index contributed by atoms with van der Waals surface area (Å²) in [5.41, 5.74) is 0.0785. The molecule has 2 unspecified atom stereocenters. The van der Waals surface area contributed by atoms with E-state index in [2.05, 4.69) is 56.1 Å². The SMILES string of the molecule is CCN(CCCN(C)C)C(=S)NC(=O)C1CC[C@H]2[C@@H]3CCC4N(C)C(=O)C=C[C@]4(C)[C@@H]3CC[C@]12C.Cl. The first-order chi connectivity index (χ1) is 16.5. The first-order valence-electron chi connectivity index (χ1n) is 13.7. The van der Waals surface area contributed by atoms with Crippen molar-refractivity contribution in [3.05, 3.63) is 12.2 Å². The third-order valence-electron chi connectivity index (χ3n) is 10.4. The number of fused-ring (bicyclic) bond motifs is 5. The highest BCUT2D eigenvalue weighted by atomic mass is 35.5. The zero-order valence-electron chi connectivity index (χ0n) is 23.1. The number of nitrogens with one attached hydrogen (secondary N) is 1. The molecule has 0 saturated heterocycles. The van der Waals surface area contributed by atoms with Gasteiger partial charge in [0, 0.05) is 37.5 Å². The van der Waals surface area contributed by atoms with Crippen molar-refractivity contribution >= 4 is 41.6 Å². The van der Waals surface area contributed by atoms with Gasteiger partial charge in [-0.15, -0.1) is 12.4 Å². The molecule has 1 heterocycles. The van der Waals surface area contributed by atoms with Crippen LogP contribution in [0.3, 0.4) is 0 Å². The van der Waals surface area contributed by atoms with E-state index in [9.17, 15) is 9.59 Å². The van der Waals surface area contributed by atoms with E-state index in [-0.39, 0.29) is 41.0 Å². The third kappa shape index (κ3) is 5.09. The molecule has 3 aliphatic carbocycles. The van der Waals surface area contributed by atoms with Crippen LogP contribution in [0.5, 0.6) is 0 Å². The van der Waals surface area contributed by atoms with Crippen molar-refractivity contribution in [2.45, 2.75) is 71.8 Å². The number of amides is 2. The molecule has 4 rings (SSSR count). The highest BCUT2D eigenvalue weighted by molar-refractivity contribution is 7.80. The summed E-state index contributed by atoms with van der Waals surface area (Å²) in [5, 5.41) is 3.74. The van der Waals surface area contributed by atoms with Gasteiger partial charge in [0.05, 0.1) is 0 Å². The minimum Gasteiger partial charge on any atom is -0.349 e. The first kappa shape index (κ1) is 29.4. The van der Waals surface area contributed by atoms with E-state index in [0.29, 0.717) is 28.9 Å². The minimum absolute atomic E-state index is 0. The Morgan fingerprint density at radius 1 is 1.14 bits per heavy atom. The number of rotatable bonds is 6. The van der Waals surface area contributed by atoms with Crippen molar-refractivity contribution in [3.8, 4) is 0 Å². The van der Waals surface area contributed by atoms with Crippen molar-refractivity contribution in [3.63, 3.8) is 0 Å². The van der Waals surface area contributed by atoms with Gasteiger partial charge in [-0.2, -0.15) is 0 Å². The van der Waals surface area contributed by atoms with E-state index in [1.807, 2.05) is 11.9 Å². The van der Waals surface area contributed by atoms with Gasteiger partial charge >= 0.3 is 0 Å². The molecule has 1 aliphatic heterocycles. The molecule has 3 fully saturated rings. The zero-order chi connectivity index (χ0) is 25.5. The number of nitrogens with zero attached hydrogens (tertiary/aromatic N) is 3. The average molecular weight is 539 g/mol. The van der Waals surface area contributed by atoms with Gasteiger partial charge in [0.2, 0.25) is 11.8 Å². The molecule has 1 N–H and O–H groups in total. The van der Waals surface area contributed by atoms with Gasteiger partial charge in [-0.25, -0.2) is 0 Å². The Morgan fingerprint density at radius 3 is 2.53 bits per heavy atom. The lowest BCUT2D eigenvalue weighted by atomic mass is 9.47. The summed E-state index contributed by atoms with van der Waals surface area (Å²) in [4.78, 5) is 32.2. The summed E-state index contributed by atoms with van der Waals surface area (Å²) in [6, 6.07) is 0.302. The summed E-state index contributed by atoms with van der Waals surface area (Å²) in [5.74, 6) is 2.09. The predicted octanol–water partition coefficient (Wildman–Crippen LogP) is 4.34. The summed E-state index contributed by atoms with van der Waals surface area (Å²) in [6.07, 6.45) is 11.6. The molecule has 3 saturated carbocycles. The molecule has 0 spiro atoms. The summed E-state index contributed by atoms with van der Waals surface area (Å²) in [6.45, 7) is 9.55. The lowest BCUT2D eigenvalue weighted by Gasteiger charge is -2.60. The van der Waals surface area contributed by atoms with Crippen LogP contribution in [0.15, 0.2) is 12.2 Å². The first-order valence-corrected chi connectivity index (χ1v) is 14.1. The number of carbonyl (C=O) groups is 2. The maximum atomic E-state index is 13.6. The Hall–Kier alpha value is -1.18. The van der Waals surface area contributed by atoms with E-state index in [0.717, 1.165) is 58.2 Å². The van der Waals surface area contributed by atoms with E-state index in [1.54, 1.807) is 6.08 Å². The Balaban J connectivity index is 0.00000361. The van der Waals surface area contributed by atoms with Crippen LogP contribution in [0, 0.1) is 34.5 Å². The quantitative estimate of drug-likeness (QED) is 0.510. The van der Waals surface area contributed by atoms with Crippen LogP contribution < -0.4 is 5.32 Å². The summed E-state index contributed by atoms with van der Waals surface area (Å²) >= 11 is 5.68. The van der Waals surface area contributed by atoms with E-state index < -0.39 is 0 Å². The largest absolute Gasteiger partial charge is 0.349 e. The second-order valence-electron chi connectivity index (χ2n) is 12.3. The fourth-order valence-corrected chi connectivity index (χ4v) is 8.74. The lowest BCUT2D eigenvalue weighted by molar-refractivity contribution is -0.142. The van der Waals surface area contributed by atoms with E-state index in [1.165, 1.54) is 6.42 Å². The van der Waals surface area contributed by atoms with Gasteiger partial charge in [0.1, 0.15) is 0 Å². The molecular weight excluding hydrogens is 492 g/mol. The van der Waals surface area contributed by atoms with Crippen LogP contribution in [0.25, 0.3) is 0 Å². The molecule has 0 aromatic rings. The Kier molecular flexibility index (Phi) is 9.21. The number of hydrogen-bond donors (Lipinski definition) is 1. The normalized spacial score (nSPS) is 37.0. The Morgan fingerprint density at radius 2 is 1.86 bits per heavy atom. The van der Waals surface area contributed by atoms with Crippen molar-refractivity contribution in [1.82, 2.24) is 20.0 Å². The van der Waals surface area contributed by atoms with Gasteiger partial charge in [-0.1, -0.05) is 19.9 Å². The predicted molar refractivity (Wildman–Crippen MR) is 152 cm³/mol. The third-order valence-corrected chi connectivity index (χ3v) is 10.7. The summed E-state index contributed by atoms with van der Waals surface area (Å²) in [7, 11) is 6.13. The van der Waals surface area contributed by atoms with Crippen molar-refractivity contribution < 1.29 is 9.59 Å². The molecule has 0 bridgehead atoms. The molecule has 8 heteroatoms. The van der Waals surface area contributed by atoms with Gasteiger partial charge in [-0.3, -0.25) is 9.59 Å². The van der Waals surface area contributed by atoms with Crippen LogP contribution in [-0.2, 0) is 9.59 Å². The molecule has 0 aromatic heterocycles. The second-order valence-corrected chi connectivity index (χ2v) is 12.7. The second kappa shape index (κ2) is 11.3. The molecule has 2 amide bonds. The van der Waals surface area contributed by atoms with E-state index in [4.69, 9.17) is 12.2 Å². The Labute approximate surface area is 230 Å². The van der Waals surface area contributed by atoms with Crippen molar-refractivity contribution in [1.29, 1.82) is 0 Å². The fraction of sp³-hybridized carbons (Fsp3) is 0.821. The Bertz CT molecular complexity index is 882. The number of likely N-dealkylation sites (N-methyl/N-ethyl adjacent to an activating group) is 1. The number of halogens is 1. The number of thiocarbonyl (C=S) groups is 1. The molecule has 6 nitrogen and oxygen atoms in total. The monoisotopic (exact) mass is 538 g/mol. The molecule has 7 atom stereocenters. The van der Waals surface area contributed by atoms with Crippen LogP contribution >= 0.6 is 24.6 Å². The standard InChI is InChI=1S/C28H46N4O2S.ClH/c1-7-32(18-8-17-30(4)5)26(35)29-25(34)22-11-10-20-19-9-12-23-28(3,16-14-24(33)31(23)6)21(19)13-15-27(20,22)2;/h14,16,19-23H,7-13,15,17-18H2,1-6H3,(H,29,34,35);1H/t19-,20-,21+,22?,23?,27-,28+;/m0./s1. The zero-order valence-corrected chi connectivity index (χ0v) is 24.7. The molecule has 4 aliphatic rings. The average Bonchev–Trinajstić information content (AvgIpc) is 3.16. The van der Waals surface area contributed by atoms with Gasteiger partial charge in [-0.05, 0) is 114 Å². The number of carbonyl (C=O) groups excluding carboxylic acids is 2. The topological polar surface area (TPSA) is 55.9 Å². The fourth-order valence-electron chi connectivity index (χ4n) is 8.42. The maximum absolute atomic E-state index is 13.6. The molecule has 204 valence electrons. The van der Waals surface area contributed by atoms with Crippen molar-refractivity contribution in [2.24, 2.45) is 34.5 Å². The molecule has 0 aromatic carbocycles. The minimum atomic E-state index is 0. The number of hydrogen-bond acceptors (Lipinski definition) is 4. The van der Waals surface area contributed by atoms with Crippen molar-refractivity contribution in [2.75, 3.05) is 40.8 Å². The smallest absolute Gasteiger partial charge is 0.246 e. The molecular formula is C28H47ClN4O2S. The van der Waals surface area contributed by atoms with Crippen LogP contribution in [-0.4, -0.2) is 78.4 Å². The molecule has 0 radical (unpaired) electrons. The van der Waals surface area contributed by atoms with Crippen LogP contribution in [0.1, 0.15) is 65.7 Å².